The van der Waals surface area contributed by atoms with Gasteiger partial charge in [0, 0.05) is 23.1 Å². The molecule has 2 nitrogen and oxygen atoms in total. The standard InChI is InChI=1S/C18H15ClN2/c19-16-6-8-17(9-7-16)21-18(14-4-2-1-3-5-14)15-10-12-20-13-11-15/h1-13,18,21H. The number of hydrogen-bond donors (Lipinski definition) is 1. The van der Waals surface area contributed by atoms with Gasteiger partial charge in [0.05, 0.1) is 6.04 Å². The number of nitrogens with one attached hydrogen (secondary N) is 1. The number of aromatic nitrogens is 1. The summed E-state index contributed by atoms with van der Waals surface area (Å²) < 4.78 is 0. The van der Waals surface area contributed by atoms with Crippen LogP contribution in [0.25, 0.3) is 0 Å². The highest BCUT2D eigenvalue weighted by molar-refractivity contribution is 6.30. The minimum atomic E-state index is 0.0791. The maximum Gasteiger partial charge on any atom is 0.0768 e. The zero-order valence-electron chi connectivity index (χ0n) is 11.4. The van der Waals surface area contributed by atoms with Crippen LogP contribution in [0.4, 0.5) is 5.69 Å². The topological polar surface area (TPSA) is 24.9 Å². The van der Waals surface area contributed by atoms with E-state index in [4.69, 9.17) is 11.6 Å². The average molecular weight is 295 g/mol. The molecule has 0 spiro atoms. The maximum atomic E-state index is 5.95. The van der Waals surface area contributed by atoms with Crippen molar-refractivity contribution in [2.45, 2.75) is 6.04 Å². The molecule has 0 aliphatic heterocycles. The summed E-state index contributed by atoms with van der Waals surface area (Å²) >= 11 is 5.95. The first-order valence-corrected chi connectivity index (χ1v) is 7.18. The predicted molar refractivity (Wildman–Crippen MR) is 87.6 cm³/mol. The summed E-state index contributed by atoms with van der Waals surface area (Å²) in [6.07, 6.45) is 3.63. The van der Waals surface area contributed by atoms with Gasteiger partial charge in [-0.3, -0.25) is 4.98 Å². The lowest BCUT2D eigenvalue weighted by molar-refractivity contribution is 0.934. The molecule has 0 radical (unpaired) electrons. The minimum absolute atomic E-state index is 0.0791. The van der Waals surface area contributed by atoms with E-state index in [1.807, 2.05) is 67.0 Å². The summed E-state index contributed by atoms with van der Waals surface area (Å²) in [6.45, 7) is 0. The fraction of sp³-hybridized carbons (Fsp3) is 0.0556. The van der Waals surface area contributed by atoms with Gasteiger partial charge < -0.3 is 5.32 Å². The number of nitrogens with zero attached hydrogens (tertiary/aromatic N) is 1. The van der Waals surface area contributed by atoms with Gasteiger partial charge >= 0.3 is 0 Å². The molecular weight excluding hydrogens is 280 g/mol. The van der Waals surface area contributed by atoms with Crippen LogP contribution < -0.4 is 5.32 Å². The molecular formula is C18H15ClN2. The Morgan fingerprint density at radius 1 is 0.762 bits per heavy atom. The van der Waals surface area contributed by atoms with Crippen LogP contribution in [0.15, 0.2) is 79.1 Å². The van der Waals surface area contributed by atoms with Gasteiger partial charge in [0.25, 0.3) is 0 Å². The van der Waals surface area contributed by atoms with Crippen molar-refractivity contribution < 1.29 is 0 Å². The molecule has 3 heteroatoms. The van der Waals surface area contributed by atoms with E-state index < -0.39 is 0 Å². The molecule has 1 N–H and O–H groups in total. The van der Waals surface area contributed by atoms with E-state index >= 15 is 0 Å². The SMILES string of the molecule is Clc1ccc(NC(c2ccccc2)c2ccncc2)cc1. The van der Waals surface area contributed by atoms with E-state index in [1.54, 1.807) is 0 Å². The molecule has 1 atom stereocenters. The molecule has 0 saturated carbocycles. The summed E-state index contributed by atoms with van der Waals surface area (Å²) in [7, 11) is 0. The second-order valence-corrected chi connectivity index (χ2v) is 5.21. The predicted octanol–water partition coefficient (Wildman–Crippen LogP) is 4.94. The van der Waals surface area contributed by atoms with Gasteiger partial charge in [-0.2, -0.15) is 0 Å². The Labute approximate surface area is 129 Å². The molecule has 0 bridgehead atoms. The summed E-state index contributed by atoms with van der Waals surface area (Å²) in [4.78, 5) is 4.09. The fourth-order valence-corrected chi connectivity index (χ4v) is 2.40. The van der Waals surface area contributed by atoms with E-state index in [2.05, 4.69) is 22.4 Å². The number of halogens is 1. The van der Waals surface area contributed by atoms with Gasteiger partial charge in [-0.15, -0.1) is 0 Å². The highest BCUT2D eigenvalue weighted by Crippen LogP contribution is 2.26. The first kappa shape index (κ1) is 13.7. The highest BCUT2D eigenvalue weighted by atomic mass is 35.5. The molecule has 1 heterocycles. The largest absolute Gasteiger partial charge is 0.374 e. The molecule has 104 valence electrons. The molecule has 2 aromatic carbocycles. The maximum absolute atomic E-state index is 5.95. The first-order chi connectivity index (χ1) is 10.3. The van der Waals surface area contributed by atoms with Crippen LogP contribution in [-0.2, 0) is 0 Å². The van der Waals surface area contributed by atoms with Crippen LogP contribution >= 0.6 is 11.6 Å². The molecule has 0 saturated heterocycles. The van der Waals surface area contributed by atoms with Gasteiger partial charge in [-0.25, -0.2) is 0 Å². The van der Waals surface area contributed by atoms with Crippen LogP contribution in [-0.4, -0.2) is 4.98 Å². The Morgan fingerprint density at radius 2 is 1.38 bits per heavy atom. The lowest BCUT2D eigenvalue weighted by Crippen LogP contribution is -2.12. The summed E-state index contributed by atoms with van der Waals surface area (Å²) in [5.41, 5.74) is 3.41. The monoisotopic (exact) mass is 294 g/mol. The number of rotatable bonds is 4. The minimum Gasteiger partial charge on any atom is -0.374 e. The van der Waals surface area contributed by atoms with E-state index in [0.717, 1.165) is 10.7 Å². The third-order valence-electron chi connectivity index (χ3n) is 3.33. The Balaban J connectivity index is 1.95. The molecule has 0 aliphatic rings. The van der Waals surface area contributed by atoms with Crippen molar-refractivity contribution in [3.8, 4) is 0 Å². The second kappa shape index (κ2) is 6.42. The Bertz CT molecular complexity index is 642. The number of pyridine rings is 1. The van der Waals surface area contributed by atoms with Crippen molar-refractivity contribution >= 4 is 17.3 Å². The molecule has 3 aromatic rings. The average Bonchev–Trinajstić information content (AvgIpc) is 2.56. The number of benzene rings is 2. The lowest BCUT2D eigenvalue weighted by Gasteiger charge is -2.21. The zero-order chi connectivity index (χ0) is 14.5. The van der Waals surface area contributed by atoms with Gasteiger partial charge in [0.15, 0.2) is 0 Å². The Hall–Kier alpha value is -2.32. The van der Waals surface area contributed by atoms with Crippen molar-refractivity contribution in [3.63, 3.8) is 0 Å². The van der Waals surface area contributed by atoms with Crippen LogP contribution in [0.5, 0.6) is 0 Å². The van der Waals surface area contributed by atoms with Crippen LogP contribution in [0, 0.1) is 0 Å². The Kier molecular flexibility index (Phi) is 4.17. The van der Waals surface area contributed by atoms with Crippen LogP contribution in [0.3, 0.4) is 0 Å². The van der Waals surface area contributed by atoms with Crippen molar-refractivity contribution in [1.82, 2.24) is 4.98 Å². The normalized spacial score (nSPS) is 11.9. The third kappa shape index (κ3) is 3.41. The molecule has 0 amide bonds. The smallest absolute Gasteiger partial charge is 0.0768 e. The zero-order valence-corrected chi connectivity index (χ0v) is 12.2. The van der Waals surface area contributed by atoms with E-state index in [1.165, 1.54) is 11.1 Å². The van der Waals surface area contributed by atoms with Crippen molar-refractivity contribution in [2.75, 3.05) is 5.32 Å². The van der Waals surface area contributed by atoms with Crippen molar-refractivity contribution in [1.29, 1.82) is 0 Å². The number of anilines is 1. The number of hydrogen-bond acceptors (Lipinski definition) is 2. The van der Waals surface area contributed by atoms with E-state index in [9.17, 15) is 0 Å². The summed E-state index contributed by atoms with van der Waals surface area (Å²) in [6, 6.07) is 22.2. The lowest BCUT2D eigenvalue weighted by atomic mass is 9.99. The molecule has 0 aliphatic carbocycles. The second-order valence-electron chi connectivity index (χ2n) is 4.78. The van der Waals surface area contributed by atoms with Gasteiger partial charge in [-0.1, -0.05) is 41.9 Å². The van der Waals surface area contributed by atoms with Crippen molar-refractivity contribution in [3.05, 3.63) is 95.3 Å². The molecule has 0 fully saturated rings. The van der Waals surface area contributed by atoms with Gasteiger partial charge in [-0.05, 0) is 47.5 Å². The van der Waals surface area contributed by atoms with Crippen molar-refractivity contribution in [2.24, 2.45) is 0 Å². The quantitative estimate of drug-likeness (QED) is 0.737. The van der Waals surface area contributed by atoms with Crippen LogP contribution in [0.2, 0.25) is 5.02 Å². The fourth-order valence-electron chi connectivity index (χ4n) is 2.27. The van der Waals surface area contributed by atoms with Gasteiger partial charge in [0.2, 0.25) is 0 Å². The van der Waals surface area contributed by atoms with E-state index in [0.29, 0.717) is 0 Å². The summed E-state index contributed by atoms with van der Waals surface area (Å²) in [5.74, 6) is 0. The van der Waals surface area contributed by atoms with Gasteiger partial charge in [0.1, 0.15) is 0 Å². The van der Waals surface area contributed by atoms with Crippen LogP contribution in [0.1, 0.15) is 17.2 Å². The van der Waals surface area contributed by atoms with E-state index in [-0.39, 0.29) is 6.04 Å². The highest BCUT2D eigenvalue weighted by Gasteiger charge is 2.13. The third-order valence-corrected chi connectivity index (χ3v) is 3.58. The molecule has 1 aromatic heterocycles. The molecule has 3 rings (SSSR count). The molecule has 21 heavy (non-hydrogen) atoms. The summed E-state index contributed by atoms with van der Waals surface area (Å²) in [5, 5.41) is 4.29. The first-order valence-electron chi connectivity index (χ1n) is 6.80. The molecule has 1 unspecified atom stereocenters. The Morgan fingerprint density at radius 3 is 2.05 bits per heavy atom.